The molecule has 0 heterocycles. The smallest absolute Gasteiger partial charge is 0.269 e. The van der Waals surface area contributed by atoms with E-state index in [0.717, 1.165) is 6.42 Å². The Morgan fingerprint density at radius 3 is 2.35 bits per heavy atom. The van der Waals surface area contributed by atoms with E-state index in [2.05, 4.69) is 19.2 Å². The second-order valence-corrected chi connectivity index (χ2v) is 7.32. The minimum absolute atomic E-state index is 0.220. The molecular weight excluding hydrogens is 238 g/mol. The average Bonchev–Trinajstić information content (AvgIpc) is 2.22. The lowest BCUT2D eigenvalue weighted by Crippen LogP contribution is -2.49. The molecule has 5 atom stereocenters. The maximum absolute atomic E-state index is 11.1. The maximum Gasteiger partial charge on any atom is 0.269 e. The number of rotatable bonds is 4. The normalized spacial score (nSPS) is 34.3. The van der Waals surface area contributed by atoms with Crippen LogP contribution in [0.2, 0.25) is 0 Å². The van der Waals surface area contributed by atoms with E-state index in [4.69, 9.17) is 4.55 Å². The van der Waals surface area contributed by atoms with Crippen molar-refractivity contribution in [3.8, 4) is 0 Å². The Bertz CT molecular complexity index is 342. The zero-order valence-corrected chi connectivity index (χ0v) is 12.0. The first-order chi connectivity index (χ1) is 7.73. The van der Waals surface area contributed by atoms with Gasteiger partial charge in [0, 0.05) is 12.1 Å². The highest BCUT2D eigenvalue weighted by Gasteiger charge is 2.31. The Morgan fingerprint density at radius 1 is 1.24 bits per heavy atom. The van der Waals surface area contributed by atoms with Crippen LogP contribution in [0.3, 0.4) is 0 Å². The summed E-state index contributed by atoms with van der Waals surface area (Å²) in [5.41, 5.74) is 0. The molecule has 0 spiro atoms. The first-order valence-electron chi connectivity index (χ1n) is 6.45. The second kappa shape index (κ2) is 5.67. The Balaban J connectivity index is 2.59. The van der Waals surface area contributed by atoms with Gasteiger partial charge in [-0.25, -0.2) is 0 Å². The summed E-state index contributed by atoms with van der Waals surface area (Å²) < 4.78 is 31.2. The molecule has 17 heavy (non-hydrogen) atoms. The molecule has 1 fully saturated rings. The summed E-state index contributed by atoms with van der Waals surface area (Å²) in [4.78, 5) is 0. The monoisotopic (exact) mass is 263 g/mol. The van der Waals surface area contributed by atoms with Crippen molar-refractivity contribution in [3.63, 3.8) is 0 Å². The van der Waals surface area contributed by atoms with Crippen LogP contribution in [-0.2, 0) is 10.1 Å². The van der Waals surface area contributed by atoms with Gasteiger partial charge in [0.15, 0.2) is 0 Å². The van der Waals surface area contributed by atoms with Crippen LogP contribution in [0, 0.1) is 11.8 Å². The van der Waals surface area contributed by atoms with Crippen LogP contribution < -0.4 is 5.32 Å². The van der Waals surface area contributed by atoms with Crippen molar-refractivity contribution >= 4 is 10.1 Å². The summed E-state index contributed by atoms with van der Waals surface area (Å²) >= 11 is 0. The largest absolute Gasteiger partial charge is 0.310 e. The molecule has 102 valence electrons. The first-order valence-corrected chi connectivity index (χ1v) is 7.96. The lowest BCUT2D eigenvalue weighted by atomic mass is 9.78. The van der Waals surface area contributed by atoms with E-state index in [9.17, 15) is 8.42 Å². The molecule has 0 aromatic rings. The summed E-state index contributed by atoms with van der Waals surface area (Å²) in [5.74, 6) is 1.23. The molecule has 2 N–H and O–H groups in total. The zero-order chi connectivity index (χ0) is 13.2. The predicted octanol–water partition coefficient (Wildman–Crippen LogP) is 2.07. The molecule has 5 unspecified atom stereocenters. The highest BCUT2D eigenvalue weighted by molar-refractivity contribution is 7.86. The topological polar surface area (TPSA) is 66.4 Å². The summed E-state index contributed by atoms with van der Waals surface area (Å²) in [6, 6.07) is 0.140. The number of nitrogens with one attached hydrogen (secondary N) is 1. The Kier molecular flexibility index (Phi) is 4.98. The minimum Gasteiger partial charge on any atom is -0.310 e. The highest BCUT2D eigenvalue weighted by atomic mass is 32.2. The van der Waals surface area contributed by atoms with Crippen LogP contribution in [0.15, 0.2) is 0 Å². The number of hydrogen-bond donors (Lipinski definition) is 2. The number of hydrogen-bond acceptors (Lipinski definition) is 3. The van der Waals surface area contributed by atoms with Crippen LogP contribution in [-0.4, -0.2) is 30.3 Å². The maximum atomic E-state index is 11.1. The predicted molar refractivity (Wildman–Crippen MR) is 69.6 cm³/mol. The quantitative estimate of drug-likeness (QED) is 0.762. The van der Waals surface area contributed by atoms with Gasteiger partial charge < -0.3 is 5.32 Å². The summed E-state index contributed by atoms with van der Waals surface area (Å²) in [5, 5.41) is 2.61. The summed E-state index contributed by atoms with van der Waals surface area (Å²) in [7, 11) is -3.95. The van der Waals surface area contributed by atoms with E-state index in [-0.39, 0.29) is 6.04 Å². The van der Waals surface area contributed by atoms with Crippen LogP contribution in [0.4, 0.5) is 0 Å². The average molecular weight is 263 g/mol. The third-order valence-corrected chi connectivity index (χ3v) is 5.71. The molecule has 4 nitrogen and oxygen atoms in total. The van der Waals surface area contributed by atoms with Gasteiger partial charge in [-0.15, -0.1) is 0 Å². The third kappa shape index (κ3) is 3.93. The highest BCUT2D eigenvalue weighted by Crippen LogP contribution is 2.30. The standard InChI is InChI=1S/C12H25NO3S/c1-8-6-5-7-12(9(8)2)13-10(3)11(4)17(14,15)16/h8-13H,5-7H2,1-4H3,(H,14,15,16). The van der Waals surface area contributed by atoms with Crippen molar-refractivity contribution in [1.29, 1.82) is 0 Å². The molecule has 1 saturated carbocycles. The van der Waals surface area contributed by atoms with E-state index in [1.54, 1.807) is 6.92 Å². The molecule has 1 aliphatic carbocycles. The van der Waals surface area contributed by atoms with Gasteiger partial charge in [-0.3, -0.25) is 4.55 Å². The van der Waals surface area contributed by atoms with Gasteiger partial charge in [0.2, 0.25) is 0 Å². The Morgan fingerprint density at radius 2 is 1.82 bits per heavy atom. The van der Waals surface area contributed by atoms with Gasteiger partial charge in [0.1, 0.15) is 0 Å². The van der Waals surface area contributed by atoms with Gasteiger partial charge >= 0.3 is 0 Å². The second-order valence-electron chi connectivity index (χ2n) is 5.55. The van der Waals surface area contributed by atoms with Gasteiger partial charge in [-0.1, -0.05) is 26.7 Å². The van der Waals surface area contributed by atoms with Gasteiger partial charge in [-0.05, 0) is 32.1 Å². The van der Waals surface area contributed by atoms with Crippen molar-refractivity contribution in [3.05, 3.63) is 0 Å². The van der Waals surface area contributed by atoms with Crippen LogP contribution in [0.25, 0.3) is 0 Å². The molecule has 0 aliphatic heterocycles. The van der Waals surface area contributed by atoms with Gasteiger partial charge in [0.25, 0.3) is 10.1 Å². The van der Waals surface area contributed by atoms with E-state index < -0.39 is 15.4 Å². The van der Waals surface area contributed by atoms with Gasteiger partial charge in [-0.2, -0.15) is 8.42 Å². The fraction of sp³-hybridized carbons (Fsp3) is 1.00. The molecule has 0 aromatic carbocycles. The van der Waals surface area contributed by atoms with Crippen LogP contribution in [0.1, 0.15) is 47.0 Å². The molecule has 0 saturated heterocycles. The summed E-state index contributed by atoms with van der Waals surface area (Å²) in [6.45, 7) is 7.83. The molecule has 1 rings (SSSR count). The Labute approximate surface area is 105 Å². The van der Waals surface area contributed by atoms with Crippen molar-refractivity contribution in [2.75, 3.05) is 0 Å². The molecule has 1 aliphatic rings. The van der Waals surface area contributed by atoms with Crippen LogP contribution in [0.5, 0.6) is 0 Å². The fourth-order valence-electron chi connectivity index (χ4n) is 2.55. The van der Waals surface area contributed by atoms with Crippen molar-refractivity contribution in [1.82, 2.24) is 5.32 Å². The van der Waals surface area contributed by atoms with Crippen molar-refractivity contribution < 1.29 is 13.0 Å². The molecule has 0 aromatic heterocycles. The lowest BCUT2D eigenvalue weighted by Gasteiger charge is -2.37. The first kappa shape index (κ1) is 14.9. The van der Waals surface area contributed by atoms with Crippen LogP contribution >= 0.6 is 0 Å². The molecule has 0 amide bonds. The fourth-order valence-corrected chi connectivity index (χ4v) is 3.14. The van der Waals surface area contributed by atoms with E-state index >= 15 is 0 Å². The van der Waals surface area contributed by atoms with E-state index in [1.807, 2.05) is 6.92 Å². The van der Waals surface area contributed by atoms with E-state index in [1.165, 1.54) is 12.8 Å². The molecular formula is C12H25NO3S. The SMILES string of the molecule is CC1CCCC(NC(C)C(C)S(=O)(=O)O)C1C. The van der Waals surface area contributed by atoms with Crippen molar-refractivity contribution in [2.24, 2.45) is 11.8 Å². The third-order valence-electron chi connectivity index (χ3n) is 4.36. The molecule has 0 bridgehead atoms. The summed E-state index contributed by atoms with van der Waals surface area (Å²) in [6.07, 6.45) is 3.53. The Hall–Kier alpha value is -0.130. The van der Waals surface area contributed by atoms with E-state index in [0.29, 0.717) is 17.9 Å². The molecule has 0 radical (unpaired) electrons. The minimum atomic E-state index is -3.95. The molecule has 5 heteroatoms. The van der Waals surface area contributed by atoms with Gasteiger partial charge in [0.05, 0.1) is 5.25 Å². The zero-order valence-electron chi connectivity index (χ0n) is 11.2. The van der Waals surface area contributed by atoms with Crippen molar-refractivity contribution in [2.45, 2.75) is 64.3 Å². The lowest BCUT2D eigenvalue weighted by molar-refractivity contribution is 0.194.